The second kappa shape index (κ2) is 4.90. The average molecular weight is 275 g/mol. The van der Waals surface area contributed by atoms with E-state index in [4.69, 9.17) is 4.42 Å². The number of benzene rings is 2. The summed E-state index contributed by atoms with van der Waals surface area (Å²) < 4.78 is 5.91. The van der Waals surface area contributed by atoms with Gasteiger partial charge in [0.1, 0.15) is 5.58 Å². The van der Waals surface area contributed by atoms with Gasteiger partial charge in [0, 0.05) is 11.9 Å². The van der Waals surface area contributed by atoms with Crippen LogP contribution in [0.2, 0.25) is 0 Å². The molecule has 102 valence electrons. The molecule has 2 aromatic heterocycles. The second-order valence-electron chi connectivity index (χ2n) is 4.87. The van der Waals surface area contributed by atoms with E-state index in [2.05, 4.69) is 27.6 Å². The molecule has 4 aromatic rings. The zero-order valence-electron chi connectivity index (χ0n) is 11.3. The number of aromatic nitrogens is 2. The number of fused-ring (bicyclic) bond motifs is 3. The van der Waals surface area contributed by atoms with Crippen LogP contribution in [0.3, 0.4) is 0 Å². The summed E-state index contributed by atoms with van der Waals surface area (Å²) in [4.78, 5) is 0. The lowest BCUT2D eigenvalue weighted by Gasteiger charge is -2.04. The van der Waals surface area contributed by atoms with Crippen LogP contribution >= 0.6 is 0 Å². The number of hydrogen-bond donors (Lipinski definition) is 1. The summed E-state index contributed by atoms with van der Waals surface area (Å²) in [6.07, 6.45) is 1.74. The van der Waals surface area contributed by atoms with Crippen LogP contribution in [-0.4, -0.2) is 10.2 Å². The normalized spacial score (nSPS) is 11.0. The highest BCUT2D eigenvalue weighted by Gasteiger charge is 2.11. The minimum Gasteiger partial charge on any atom is -0.452 e. The fourth-order valence-electron chi connectivity index (χ4n) is 2.46. The van der Waals surface area contributed by atoms with Gasteiger partial charge in [0.2, 0.25) is 0 Å². The molecular weight excluding hydrogens is 262 g/mol. The van der Waals surface area contributed by atoms with Gasteiger partial charge < -0.3 is 9.73 Å². The Balaban J connectivity index is 1.75. The van der Waals surface area contributed by atoms with Crippen molar-refractivity contribution in [2.75, 3.05) is 5.32 Å². The predicted molar refractivity (Wildman–Crippen MR) is 83.1 cm³/mol. The summed E-state index contributed by atoms with van der Waals surface area (Å²) in [5.41, 5.74) is 2.79. The molecule has 0 atom stereocenters. The quantitative estimate of drug-likeness (QED) is 0.614. The van der Waals surface area contributed by atoms with Crippen molar-refractivity contribution in [3.05, 3.63) is 66.4 Å². The van der Waals surface area contributed by atoms with E-state index in [1.54, 1.807) is 6.20 Å². The molecule has 2 aromatic carbocycles. The van der Waals surface area contributed by atoms with Gasteiger partial charge in [-0.1, -0.05) is 48.5 Å². The summed E-state index contributed by atoms with van der Waals surface area (Å²) in [5.74, 6) is 0.674. The van der Waals surface area contributed by atoms with Gasteiger partial charge in [-0.2, -0.15) is 5.10 Å². The molecule has 0 saturated carbocycles. The molecule has 0 aliphatic rings. The zero-order chi connectivity index (χ0) is 14.1. The Morgan fingerprint density at radius 3 is 2.62 bits per heavy atom. The van der Waals surface area contributed by atoms with Gasteiger partial charge in [0.05, 0.1) is 11.6 Å². The van der Waals surface area contributed by atoms with E-state index in [0.717, 1.165) is 21.9 Å². The van der Waals surface area contributed by atoms with Crippen LogP contribution in [0, 0.1) is 0 Å². The third kappa shape index (κ3) is 2.10. The molecule has 2 heterocycles. The molecule has 4 nitrogen and oxygen atoms in total. The van der Waals surface area contributed by atoms with Crippen LogP contribution in [0.1, 0.15) is 5.56 Å². The number of nitrogens with zero attached hydrogens (tertiary/aromatic N) is 2. The molecule has 0 fully saturated rings. The highest BCUT2D eigenvalue weighted by atomic mass is 16.3. The van der Waals surface area contributed by atoms with Gasteiger partial charge in [-0.05, 0) is 11.6 Å². The number of anilines is 1. The van der Waals surface area contributed by atoms with Crippen LogP contribution in [0.5, 0.6) is 0 Å². The minimum atomic E-state index is 0.674. The Labute approximate surface area is 121 Å². The number of nitrogens with one attached hydrogen (secondary N) is 1. The standard InChI is InChI=1S/C17H13N3O/c1-2-6-12(7-3-1)10-18-17-16-14(11-19-20-17)13-8-4-5-9-15(13)21-16/h1-9,11H,10H2,(H,18,20). The van der Waals surface area contributed by atoms with Crippen molar-refractivity contribution in [2.45, 2.75) is 6.54 Å². The largest absolute Gasteiger partial charge is 0.452 e. The van der Waals surface area contributed by atoms with E-state index in [-0.39, 0.29) is 0 Å². The Kier molecular flexibility index (Phi) is 2.78. The van der Waals surface area contributed by atoms with Gasteiger partial charge in [-0.3, -0.25) is 0 Å². The van der Waals surface area contributed by atoms with E-state index in [9.17, 15) is 0 Å². The van der Waals surface area contributed by atoms with Crippen molar-refractivity contribution in [2.24, 2.45) is 0 Å². The fraction of sp³-hybridized carbons (Fsp3) is 0.0588. The summed E-state index contributed by atoms with van der Waals surface area (Å²) in [7, 11) is 0. The molecule has 4 rings (SSSR count). The number of para-hydroxylation sites is 1. The lowest BCUT2D eigenvalue weighted by Crippen LogP contribution is -2.02. The Bertz CT molecular complexity index is 900. The second-order valence-corrected chi connectivity index (χ2v) is 4.87. The van der Waals surface area contributed by atoms with E-state index in [0.29, 0.717) is 12.4 Å². The zero-order valence-corrected chi connectivity index (χ0v) is 11.3. The molecule has 0 amide bonds. The number of rotatable bonds is 3. The van der Waals surface area contributed by atoms with Crippen LogP contribution in [0.25, 0.3) is 21.9 Å². The lowest BCUT2D eigenvalue weighted by atomic mass is 10.2. The minimum absolute atomic E-state index is 0.674. The van der Waals surface area contributed by atoms with Gasteiger partial charge in [0.15, 0.2) is 11.4 Å². The highest BCUT2D eigenvalue weighted by molar-refractivity contribution is 6.07. The van der Waals surface area contributed by atoms with Crippen molar-refractivity contribution >= 4 is 27.8 Å². The first-order chi connectivity index (χ1) is 10.4. The van der Waals surface area contributed by atoms with E-state index < -0.39 is 0 Å². The maximum atomic E-state index is 5.91. The summed E-state index contributed by atoms with van der Waals surface area (Å²) in [6, 6.07) is 18.1. The lowest BCUT2D eigenvalue weighted by molar-refractivity contribution is 0.666. The molecule has 0 radical (unpaired) electrons. The third-order valence-corrected chi connectivity index (χ3v) is 3.50. The average Bonchev–Trinajstić information content (AvgIpc) is 2.93. The first-order valence-electron chi connectivity index (χ1n) is 6.82. The summed E-state index contributed by atoms with van der Waals surface area (Å²) in [5, 5.41) is 13.6. The molecular formula is C17H13N3O. The molecule has 0 aliphatic carbocycles. The Morgan fingerprint density at radius 2 is 1.71 bits per heavy atom. The van der Waals surface area contributed by atoms with Crippen LogP contribution < -0.4 is 5.32 Å². The maximum Gasteiger partial charge on any atom is 0.192 e. The molecule has 0 aliphatic heterocycles. The molecule has 4 heteroatoms. The third-order valence-electron chi connectivity index (χ3n) is 3.50. The smallest absolute Gasteiger partial charge is 0.192 e. The number of hydrogen-bond acceptors (Lipinski definition) is 4. The molecule has 0 unspecified atom stereocenters. The molecule has 0 bridgehead atoms. The molecule has 21 heavy (non-hydrogen) atoms. The highest BCUT2D eigenvalue weighted by Crippen LogP contribution is 2.31. The van der Waals surface area contributed by atoms with Crippen LogP contribution in [-0.2, 0) is 6.54 Å². The van der Waals surface area contributed by atoms with Gasteiger partial charge in [0.25, 0.3) is 0 Å². The first-order valence-corrected chi connectivity index (χ1v) is 6.82. The van der Waals surface area contributed by atoms with Gasteiger partial charge in [-0.15, -0.1) is 5.10 Å². The van der Waals surface area contributed by atoms with Crippen molar-refractivity contribution in [3.8, 4) is 0 Å². The Morgan fingerprint density at radius 1 is 0.905 bits per heavy atom. The van der Waals surface area contributed by atoms with Crippen molar-refractivity contribution in [1.82, 2.24) is 10.2 Å². The van der Waals surface area contributed by atoms with Gasteiger partial charge in [-0.25, -0.2) is 0 Å². The number of furan rings is 1. The topological polar surface area (TPSA) is 51.0 Å². The van der Waals surface area contributed by atoms with Crippen molar-refractivity contribution < 1.29 is 4.42 Å². The van der Waals surface area contributed by atoms with E-state index >= 15 is 0 Å². The van der Waals surface area contributed by atoms with Crippen molar-refractivity contribution in [3.63, 3.8) is 0 Å². The summed E-state index contributed by atoms with van der Waals surface area (Å²) in [6.45, 7) is 0.686. The monoisotopic (exact) mass is 275 g/mol. The maximum absolute atomic E-state index is 5.91. The molecule has 0 spiro atoms. The molecule has 0 saturated heterocycles. The van der Waals surface area contributed by atoms with E-state index in [1.807, 2.05) is 42.5 Å². The SMILES string of the molecule is c1ccc(CNc2nncc3c2oc2ccccc23)cc1. The van der Waals surface area contributed by atoms with E-state index in [1.165, 1.54) is 5.56 Å². The predicted octanol–water partition coefficient (Wildman–Crippen LogP) is 3.99. The summed E-state index contributed by atoms with van der Waals surface area (Å²) >= 11 is 0. The van der Waals surface area contributed by atoms with Crippen LogP contribution in [0.15, 0.2) is 65.2 Å². The van der Waals surface area contributed by atoms with Gasteiger partial charge >= 0.3 is 0 Å². The first kappa shape index (κ1) is 11.9. The molecule has 1 N–H and O–H groups in total. The fourth-order valence-corrected chi connectivity index (χ4v) is 2.46. The van der Waals surface area contributed by atoms with Crippen LogP contribution in [0.4, 0.5) is 5.82 Å². The van der Waals surface area contributed by atoms with Crippen molar-refractivity contribution in [1.29, 1.82) is 0 Å². The Hall–Kier alpha value is -2.88.